The Morgan fingerprint density at radius 3 is 2.52 bits per heavy atom. The summed E-state index contributed by atoms with van der Waals surface area (Å²) in [7, 11) is 0. The average Bonchev–Trinajstić information content (AvgIpc) is 2.73. The van der Waals surface area contributed by atoms with Crippen LogP contribution in [-0.2, 0) is 11.8 Å². The molecule has 0 radical (unpaired) electrons. The predicted molar refractivity (Wildman–Crippen MR) is 87.3 cm³/mol. The van der Waals surface area contributed by atoms with Gasteiger partial charge in [-0.15, -0.1) is 0 Å². The molecule has 0 aliphatic rings. The zero-order chi connectivity index (χ0) is 15.6. The molecule has 0 aliphatic heterocycles. The molecule has 1 heterocycles. The van der Waals surface area contributed by atoms with Crippen molar-refractivity contribution in [3.05, 3.63) is 41.2 Å². The molecule has 3 heteroatoms. The van der Waals surface area contributed by atoms with Gasteiger partial charge in [-0.3, -0.25) is 0 Å². The molecule has 1 aromatic carbocycles. The van der Waals surface area contributed by atoms with Crippen molar-refractivity contribution in [3.8, 4) is 11.4 Å². The van der Waals surface area contributed by atoms with E-state index in [1.165, 1.54) is 5.56 Å². The molecule has 21 heavy (non-hydrogen) atoms. The first kappa shape index (κ1) is 15.6. The Bertz CT molecular complexity index is 621. The molecule has 0 aliphatic carbocycles. The first-order chi connectivity index (χ1) is 9.84. The van der Waals surface area contributed by atoms with Crippen molar-refractivity contribution in [2.45, 2.75) is 59.3 Å². The number of aromatic hydroxyl groups is 1. The normalized spacial score (nSPS) is 11.9. The molecule has 1 aromatic heterocycles. The molecular formula is C18H26N2O. The zero-order valence-corrected chi connectivity index (χ0v) is 13.8. The van der Waals surface area contributed by atoms with E-state index in [-0.39, 0.29) is 5.41 Å². The maximum Gasteiger partial charge on any atom is 0.161 e. The smallest absolute Gasteiger partial charge is 0.161 e. The number of benzene rings is 1. The topological polar surface area (TPSA) is 38.0 Å². The van der Waals surface area contributed by atoms with Gasteiger partial charge in [0, 0.05) is 5.41 Å². The highest BCUT2D eigenvalue weighted by molar-refractivity contribution is 5.45. The summed E-state index contributed by atoms with van der Waals surface area (Å²) in [6, 6.07) is 8.24. The maximum absolute atomic E-state index is 10.6. The monoisotopic (exact) mass is 286 g/mol. The second-order valence-corrected chi connectivity index (χ2v) is 6.75. The van der Waals surface area contributed by atoms with Crippen molar-refractivity contribution < 1.29 is 5.11 Å². The molecule has 0 amide bonds. The minimum atomic E-state index is -0.161. The van der Waals surface area contributed by atoms with Gasteiger partial charge in [0.1, 0.15) is 5.69 Å². The SMILES string of the molecule is CCCCc1nn(-c2cccc(C)c2)c(C(C)(C)C)c1O. The van der Waals surface area contributed by atoms with Gasteiger partial charge >= 0.3 is 0 Å². The lowest BCUT2D eigenvalue weighted by Crippen LogP contribution is -2.17. The second kappa shape index (κ2) is 5.92. The molecular weight excluding hydrogens is 260 g/mol. The number of hydrogen-bond acceptors (Lipinski definition) is 2. The Hall–Kier alpha value is -1.77. The zero-order valence-electron chi connectivity index (χ0n) is 13.8. The molecule has 3 nitrogen and oxygen atoms in total. The van der Waals surface area contributed by atoms with Gasteiger partial charge in [0.25, 0.3) is 0 Å². The summed E-state index contributed by atoms with van der Waals surface area (Å²) in [4.78, 5) is 0. The molecule has 2 aromatic rings. The van der Waals surface area contributed by atoms with E-state index in [4.69, 9.17) is 5.10 Å². The van der Waals surface area contributed by atoms with Crippen LogP contribution in [0.15, 0.2) is 24.3 Å². The van der Waals surface area contributed by atoms with Crippen molar-refractivity contribution in [1.29, 1.82) is 0 Å². The Balaban J connectivity index is 2.58. The number of hydrogen-bond donors (Lipinski definition) is 1. The highest BCUT2D eigenvalue weighted by Gasteiger charge is 2.27. The van der Waals surface area contributed by atoms with Crippen molar-refractivity contribution in [2.24, 2.45) is 0 Å². The first-order valence-electron chi connectivity index (χ1n) is 7.73. The Morgan fingerprint density at radius 1 is 1.24 bits per heavy atom. The molecule has 0 bridgehead atoms. The fraction of sp³-hybridized carbons (Fsp3) is 0.500. The summed E-state index contributed by atoms with van der Waals surface area (Å²) in [5.74, 6) is 0.359. The van der Waals surface area contributed by atoms with Gasteiger partial charge in [0.2, 0.25) is 0 Å². The Labute approximate surface area is 127 Å². The molecule has 114 valence electrons. The van der Waals surface area contributed by atoms with Crippen LogP contribution in [0.25, 0.3) is 5.69 Å². The standard InChI is InChI=1S/C18H26N2O/c1-6-7-11-15-16(21)17(18(3,4)5)20(19-15)14-10-8-9-13(2)12-14/h8-10,12,21H,6-7,11H2,1-5H3. The minimum absolute atomic E-state index is 0.161. The van der Waals surface area contributed by atoms with E-state index in [9.17, 15) is 5.11 Å². The van der Waals surface area contributed by atoms with E-state index in [2.05, 4.69) is 46.8 Å². The molecule has 1 N–H and O–H groups in total. The highest BCUT2D eigenvalue weighted by atomic mass is 16.3. The van der Waals surface area contributed by atoms with Gasteiger partial charge in [-0.1, -0.05) is 46.2 Å². The van der Waals surface area contributed by atoms with Crippen LogP contribution in [-0.4, -0.2) is 14.9 Å². The van der Waals surface area contributed by atoms with Gasteiger partial charge in [-0.05, 0) is 37.5 Å². The van der Waals surface area contributed by atoms with Gasteiger partial charge < -0.3 is 5.11 Å². The molecule has 0 unspecified atom stereocenters. The van der Waals surface area contributed by atoms with Crippen LogP contribution in [0.5, 0.6) is 5.75 Å². The number of aryl methyl sites for hydroxylation is 2. The van der Waals surface area contributed by atoms with Crippen molar-refractivity contribution in [1.82, 2.24) is 9.78 Å². The fourth-order valence-corrected chi connectivity index (χ4v) is 2.59. The van der Waals surface area contributed by atoms with Crippen molar-refractivity contribution in [2.75, 3.05) is 0 Å². The average molecular weight is 286 g/mol. The van der Waals surface area contributed by atoms with E-state index < -0.39 is 0 Å². The van der Waals surface area contributed by atoms with Gasteiger partial charge in [-0.2, -0.15) is 5.10 Å². The number of aromatic nitrogens is 2. The second-order valence-electron chi connectivity index (χ2n) is 6.75. The van der Waals surface area contributed by atoms with E-state index in [0.29, 0.717) is 5.75 Å². The Kier molecular flexibility index (Phi) is 4.40. The number of rotatable bonds is 4. The molecule has 2 rings (SSSR count). The van der Waals surface area contributed by atoms with E-state index in [1.807, 2.05) is 16.8 Å². The quantitative estimate of drug-likeness (QED) is 0.897. The summed E-state index contributed by atoms with van der Waals surface area (Å²) in [6.07, 6.45) is 2.97. The predicted octanol–water partition coefficient (Wildman–Crippen LogP) is 4.53. The van der Waals surface area contributed by atoms with Crippen LogP contribution in [0.4, 0.5) is 0 Å². The maximum atomic E-state index is 10.6. The third kappa shape index (κ3) is 3.29. The molecule has 0 atom stereocenters. The van der Waals surface area contributed by atoms with E-state index in [0.717, 1.165) is 36.3 Å². The minimum Gasteiger partial charge on any atom is -0.504 e. The molecule has 0 saturated heterocycles. The van der Waals surface area contributed by atoms with Crippen LogP contribution in [0, 0.1) is 6.92 Å². The first-order valence-corrected chi connectivity index (χ1v) is 7.73. The van der Waals surface area contributed by atoms with Crippen LogP contribution >= 0.6 is 0 Å². The summed E-state index contributed by atoms with van der Waals surface area (Å²) < 4.78 is 1.91. The Morgan fingerprint density at radius 2 is 1.95 bits per heavy atom. The van der Waals surface area contributed by atoms with Crippen molar-refractivity contribution in [3.63, 3.8) is 0 Å². The third-order valence-corrected chi connectivity index (χ3v) is 3.65. The lowest BCUT2D eigenvalue weighted by atomic mass is 9.90. The molecule has 0 fully saturated rings. The van der Waals surface area contributed by atoms with Crippen LogP contribution in [0.1, 0.15) is 57.5 Å². The summed E-state index contributed by atoms with van der Waals surface area (Å²) >= 11 is 0. The fourth-order valence-electron chi connectivity index (χ4n) is 2.59. The van der Waals surface area contributed by atoms with E-state index >= 15 is 0 Å². The molecule has 0 spiro atoms. The van der Waals surface area contributed by atoms with Gasteiger partial charge in [0.05, 0.1) is 11.4 Å². The van der Waals surface area contributed by atoms with Gasteiger partial charge in [0.15, 0.2) is 5.75 Å². The summed E-state index contributed by atoms with van der Waals surface area (Å²) in [5, 5.41) is 15.3. The number of unbranched alkanes of at least 4 members (excludes halogenated alkanes) is 1. The van der Waals surface area contributed by atoms with Crippen molar-refractivity contribution >= 4 is 0 Å². The van der Waals surface area contributed by atoms with E-state index in [1.54, 1.807) is 0 Å². The van der Waals surface area contributed by atoms with Gasteiger partial charge in [-0.25, -0.2) is 4.68 Å². The number of nitrogens with zero attached hydrogens (tertiary/aromatic N) is 2. The van der Waals surface area contributed by atoms with Crippen LogP contribution < -0.4 is 0 Å². The summed E-state index contributed by atoms with van der Waals surface area (Å²) in [6.45, 7) is 10.6. The largest absolute Gasteiger partial charge is 0.504 e. The highest BCUT2D eigenvalue weighted by Crippen LogP contribution is 2.35. The third-order valence-electron chi connectivity index (χ3n) is 3.65. The lowest BCUT2D eigenvalue weighted by molar-refractivity contribution is 0.434. The summed E-state index contributed by atoms with van der Waals surface area (Å²) in [5.41, 5.74) is 3.74. The molecule has 0 saturated carbocycles. The van der Waals surface area contributed by atoms with Crippen LogP contribution in [0.3, 0.4) is 0 Å². The lowest BCUT2D eigenvalue weighted by Gasteiger charge is -2.20. The van der Waals surface area contributed by atoms with Crippen LogP contribution in [0.2, 0.25) is 0 Å².